The molecule has 4 heteroatoms. The molecule has 0 radical (unpaired) electrons. The van der Waals surface area contributed by atoms with E-state index in [1.807, 2.05) is 54.6 Å². The van der Waals surface area contributed by atoms with Crippen molar-refractivity contribution in [2.75, 3.05) is 7.11 Å². The van der Waals surface area contributed by atoms with Crippen molar-refractivity contribution >= 4 is 28.4 Å². The van der Waals surface area contributed by atoms with E-state index in [9.17, 15) is 0 Å². The van der Waals surface area contributed by atoms with Crippen molar-refractivity contribution in [2.24, 2.45) is 5.16 Å². The van der Waals surface area contributed by atoms with Crippen LogP contribution in [0.25, 0.3) is 10.6 Å². The molecule has 0 bridgehead atoms. The van der Waals surface area contributed by atoms with Gasteiger partial charge in [0.2, 0.25) is 0 Å². The lowest BCUT2D eigenvalue weighted by atomic mass is 10.0. The number of oxime groups is 1. The molecule has 0 heterocycles. The fourth-order valence-corrected chi connectivity index (χ4v) is 2.11. The van der Waals surface area contributed by atoms with E-state index in [0.29, 0.717) is 10.6 Å². The first kappa shape index (κ1) is 14.2. The van der Waals surface area contributed by atoms with Crippen LogP contribution in [0.3, 0.4) is 0 Å². The molecule has 0 saturated heterocycles. The molecule has 20 heavy (non-hydrogen) atoms. The van der Waals surface area contributed by atoms with Crippen LogP contribution in [0.1, 0.15) is 11.1 Å². The normalized spacial score (nSPS) is 12.3. The van der Waals surface area contributed by atoms with Gasteiger partial charge in [0.1, 0.15) is 5.75 Å². The van der Waals surface area contributed by atoms with Crippen LogP contribution in [0.5, 0.6) is 5.75 Å². The SMILES string of the molecule is COc1ccc(C(Cl)=C(C=NO)c2ccccc2)cc1. The minimum atomic E-state index is 0.511. The molecule has 2 aromatic rings. The van der Waals surface area contributed by atoms with Crippen molar-refractivity contribution < 1.29 is 9.94 Å². The van der Waals surface area contributed by atoms with E-state index in [4.69, 9.17) is 21.5 Å². The van der Waals surface area contributed by atoms with Gasteiger partial charge in [0.25, 0.3) is 0 Å². The molecule has 2 rings (SSSR count). The Hall–Kier alpha value is -2.26. The largest absolute Gasteiger partial charge is 0.497 e. The number of methoxy groups -OCH3 is 1. The van der Waals surface area contributed by atoms with Gasteiger partial charge >= 0.3 is 0 Å². The standard InChI is InChI=1S/C16H14ClNO2/c1-20-14-9-7-13(8-10-14)16(17)15(11-18-19)12-5-3-2-4-6-12/h2-11,19H,1H3. The molecular formula is C16H14ClNO2. The summed E-state index contributed by atoms with van der Waals surface area (Å²) >= 11 is 6.42. The molecule has 3 nitrogen and oxygen atoms in total. The Bertz CT molecular complexity index is 619. The van der Waals surface area contributed by atoms with Crippen molar-refractivity contribution in [2.45, 2.75) is 0 Å². The van der Waals surface area contributed by atoms with Crippen LogP contribution in [0.15, 0.2) is 59.8 Å². The summed E-state index contributed by atoms with van der Waals surface area (Å²) < 4.78 is 5.12. The zero-order valence-corrected chi connectivity index (χ0v) is 11.7. The third-order valence-corrected chi connectivity index (χ3v) is 3.27. The highest BCUT2D eigenvalue weighted by atomic mass is 35.5. The van der Waals surface area contributed by atoms with Gasteiger partial charge in [-0.15, -0.1) is 0 Å². The Labute approximate surface area is 122 Å². The summed E-state index contributed by atoms with van der Waals surface area (Å²) in [4.78, 5) is 0. The maximum Gasteiger partial charge on any atom is 0.118 e. The van der Waals surface area contributed by atoms with Crippen LogP contribution >= 0.6 is 11.6 Å². The number of allylic oxidation sites excluding steroid dienone is 1. The third kappa shape index (κ3) is 3.19. The summed E-state index contributed by atoms with van der Waals surface area (Å²) in [5.41, 5.74) is 2.36. The lowest BCUT2D eigenvalue weighted by Gasteiger charge is -2.07. The van der Waals surface area contributed by atoms with E-state index < -0.39 is 0 Å². The quantitative estimate of drug-likeness (QED) is 0.395. The zero-order chi connectivity index (χ0) is 14.4. The predicted molar refractivity (Wildman–Crippen MR) is 82.4 cm³/mol. The highest BCUT2D eigenvalue weighted by Gasteiger charge is 2.08. The molecule has 1 N–H and O–H groups in total. The van der Waals surface area contributed by atoms with Gasteiger partial charge in [-0.2, -0.15) is 0 Å². The molecule has 0 aromatic heterocycles. The predicted octanol–water partition coefficient (Wildman–Crippen LogP) is 4.26. The summed E-state index contributed by atoms with van der Waals surface area (Å²) in [6.07, 6.45) is 1.34. The zero-order valence-electron chi connectivity index (χ0n) is 11.0. The molecule has 0 fully saturated rings. The average Bonchev–Trinajstić information content (AvgIpc) is 2.53. The molecule has 0 unspecified atom stereocenters. The smallest absolute Gasteiger partial charge is 0.118 e. The Morgan fingerprint density at radius 1 is 1.05 bits per heavy atom. The Kier molecular flexibility index (Phi) is 4.80. The minimum absolute atomic E-state index is 0.511. The Balaban J connectivity index is 2.48. The van der Waals surface area contributed by atoms with Crippen molar-refractivity contribution in [3.05, 3.63) is 65.7 Å². The summed E-state index contributed by atoms with van der Waals surface area (Å²) in [5, 5.41) is 12.4. The number of rotatable bonds is 4. The Morgan fingerprint density at radius 2 is 1.70 bits per heavy atom. The number of halogens is 1. The van der Waals surface area contributed by atoms with Gasteiger partial charge in [0, 0.05) is 5.57 Å². The van der Waals surface area contributed by atoms with Gasteiger partial charge in [-0.1, -0.05) is 47.1 Å². The highest BCUT2D eigenvalue weighted by molar-refractivity contribution is 6.56. The minimum Gasteiger partial charge on any atom is -0.497 e. The third-order valence-electron chi connectivity index (χ3n) is 2.85. The van der Waals surface area contributed by atoms with Gasteiger partial charge in [-0.25, -0.2) is 0 Å². The molecule has 0 saturated carbocycles. The topological polar surface area (TPSA) is 41.8 Å². The van der Waals surface area contributed by atoms with E-state index in [1.54, 1.807) is 7.11 Å². The summed E-state index contributed by atoms with van der Waals surface area (Å²) in [6, 6.07) is 16.9. The van der Waals surface area contributed by atoms with Crippen LogP contribution in [-0.4, -0.2) is 18.5 Å². The van der Waals surface area contributed by atoms with E-state index in [2.05, 4.69) is 5.16 Å². The first-order valence-corrected chi connectivity index (χ1v) is 6.41. The fraction of sp³-hybridized carbons (Fsp3) is 0.0625. The van der Waals surface area contributed by atoms with Crippen molar-refractivity contribution in [3.63, 3.8) is 0 Å². The first-order valence-electron chi connectivity index (χ1n) is 6.03. The van der Waals surface area contributed by atoms with Crippen LogP contribution in [0.4, 0.5) is 0 Å². The summed E-state index contributed by atoms with van der Waals surface area (Å²) in [6.45, 7) is 0. The molecule has 0 aliphatic rings. The maximum atomic E-state index is 8.83. The van der Waals surface area contributed by atoms with E-state index >= 15 is 0 Å². The molecule has 102 valence electrons. The molecule has 0 spiro atoms. The van der Waals surface area contributed by atoms with E-state index in [0.717, 1.165) is 16.9 Å². The van der Waals surface area contributed by atoms with E-state index in [-0.39, 0.29) is 0 Å². The maximum absolute atomic E-state index is 8.83. The average molecular weight is 288 g/mol. The summed E-state index contributed by atoms with van der Waals surface area (Å²) in [5.74, 6) is 0.760. The van der Waals surface area contributed by atoms with Crippen LogP contribution in [0.2, 0.25) is 0 Å². The van der Waals surface area contributed by atoms with Crippen molar-refractivity contribution in [3.8, 4) is 5.75 Å². The number of nitrogens with zero attached hydrogens (tertiary/aromatic N) is 1. The number of ether oxygens (including phenoxy) is 1. The monoisotopic (exact) mass is 287 g/mol. The van der Waals surface area contributed by atoms with Crippen LogP contribution in [-0.2, 0) is 0 Å². The number of benzene rings is 2. The molecule has 2 aromatic carbocycles. The second kappa shape index (κ2) is 6.78. The molecule has 0 atom stereocenters. The Morgan fingerprint density at radius 3 is 2.25 bits per heavy atom. The van der Waals surface area contributed by atoms with Crippen LogP contribution in [0, 0.1) is 0 Å². The molecule has 0 amide bonds. The fourth-order valence-electron chi connectivity index (χ4n) is 1.83. The first-order chi connectivity index (χ1) is 9.76. The van der Waals surface area contributed by atoms with Gasteiger partial charge in [-0.3, -0.25) is 0 Å². The molecule has 0 aliphatic carbocycles. The lowest BCUT2D eigenvalue weighted by Crippen LogP contribution is -1.90. The second-order valence-electron chi connectivity index (χ2n) is 4.07. The van der Waals surface area contributed by atoms with Gasteiger partial charge < -0.3 is 9.94 Å². The number of hydrogen-bond acceptors (Lipinski definition) is 3. The highest BCUT2D eigenvalue weighted by Crippen LogP contribution is 2.29. The van der Waals surface area contributed by atoms with Gasteiger partial charge in [-0.05, 0) is 35.4 Å². The van der Waals surface area contributed by atoms with Crippen LogP contribution < -0.4 is 4.74 Å². The van der Waals surface area contributed by atoms with E-state index in [1.165, 1.54) is 6.21 Å². The summed E-state index contributed by atoms with van der Waals surface area (Å²) in [7, 11) is 1.61. The molecule has 0 aliphatic heterocycles. The lowest BCUT2D eigenvalue weighted by molar-refractivity contribution is 0.322. The second-order valence-corrected chi connectivity index (χ2v) is 4.44. The van der Waals surface area contributed by atoms with Crippen molar-refractivity contribution in [1.82, 2.24) is 0 Å². The van der Waals surface area contributed by atoms with Gasteiger partial charge in [0.05, 0.1) is 18.4 Å². The van der Waals surface area contributed by atoms with Gasteiger partial charge in [0.15, 0.2) is 0 Å². The molecular weight excluding hydrogens is 274 g/mol. The van der Waals surface area contributed by atoms with Crippen molar-refractivity contribution in [1.29, 1.82) is 0 Å². The number of hydrogen-bond donors (Lipinski definition) is 1.